The third kappa shape index (κ3) is 8.53. The van der Waals surface area contributed by atoms with Crippen molar-refractivity contribution >= 4 is 5.97 Å². The lowest BCUT2D eigenvalue weighted by atomic mass is 9.76. The highest BCUT2D eigenvalue weighted by atomic mass is 16.7. The van der Waals surface area contributed by atoms with Crippen LogP contribution < -0.4 is 0 Å². The van der Waals surface area contributed by atoms with Crippen molar-refractivity contribution in [3.63, 3.8) is 0 Å². The highest BCUT2D eigenvalue weighted by molar-refractivity contribution is 5.73. The fourth-order valence-electron chi connectivity index (χ4n) is 9.39. The Morgan fingerprint density at radius 2 is 1.73 bits per heavy atom. The van der Waals surface area contributed by atoms with Gasteiger partial charge in [-0.25, -0.2) is 0 Å². The van der Waals surface area contributed by atoms with Crippen molar-refractivity contribution in [3.05, 3.63) is 0 Å². The Morgan fingerprint density at radius 1 is 1.08 bits per heavy atom. The van der Waals surface area contributed by atoms with Gasteiger partial charge in [0.25, 0.3) is 0 Å². The smallest absolute Gasteiger partial charge is 0.311 e. The predicted molar refractivity (Wildman–Crippen MR) is 192 cm³/mol. The van der Waals surface area contributed by atoms with Crippen LogP contribution in [0.2, 0.25) is 0 Å². The Kier molecular flexibility index (Phi) is 14.0. The Bertz CT molecular complexity index is 1250. The highest BCUT2D eigenvalue weighted by Gasteiger charge is 2.59. The summed E-state index contributed by atoms with van der Waals surface area (Å²) in [6, 6.07) is -0.337. The number of nitrogens with zero attached hydrogens (tertiary/aromatic N) is 1. The largest absolute Gasteiger partial charge is 0.459 e. The molecule has 0 aromatic carbocycles. The number of likely N-dealkylation sites (N-methyl/N-ethyl adjacent to an activating group) is 1. The van der Waals surface area contributed by atoms with Crippen LogP contribution in [-0.4, -0.2) is 142 Å². The number of fused-ring (bicyclic) bond motifs is 2. The van der Waals surface area contributed by atoms with Gasteiger partial charge in [-0.3, -0.25) is 9.69 Å². The van der Waals surface area contributed by atoms with Gasteiger partial charge in [0.2, 0.25) is 0 Å². The zero-order valence-corrected chi connectivity index (χ0v) is 33.4. The molecular weight excluding hydrogens is 674 g/mol. The number of hydrogen-bond donors (Lipinski definition) is 4. The molecule has 0 aromatic rings. The third-order valence-electron chi connectivity index (χ3n) is 12.6. The molecule has 4 N–H and O–H groups in total. The monoisotopic (exact) mass is 741 g/mol. The molecular formula is C39H67NO12. The molecule has 0 aliphatic carbocycles. The fraction of sp³-hybridized carbons (Fsp3) is 0.923. The minimum absolute atomic E-state index is 0.0812. The molecule has 4 aliphatic rings. The molecule has 4 fully saturated rings. The van der Waals surface area contributed by atoms with Crippen LogP contribution in [0.15, 0.2) is 0 Å². The van der Waals surface area contributed by atoms with Gasteiger partial charge in [-0.1, -0.05) is 33.6 Å². The van der Waals surface area contributed by atoms with Crippen LogP contribution in [0.5, 0.6) is 0 Å². The van der Waals surface area contributed by atoms with Crippen molar-refractivity contribution in [1.29, 1.82) is 0 Å². The van der Waals surface area contributed by atoms with Crippen LogP contribution in [0.1, 0.15) is 94.9 Å². The normalized spacial score (nSPS) is 47.9. The van der Waals surface area contributed by atoms with Crippen molar-refractivity contribution in [2.24, 2.45) is 23.7 Å². The second kappa shape index (κ2) is 16.8. The maximum Gasteiger partial charge on any atom is 0.311 e. The Labute approximate surface area is 310 Å². The number of carbonyl (C=O) groups excluding carboxylic acids is 1. The first kappa shape index (κ1) is 43.3. The summed E-state index contributed by atoms with van der Waals surface area (Å²) in [4.78, 5) is 16.2. The van der Waals surface area contributed by atoms with E-state index < -0.39 is 102 Å². The molecule has 13 heteroatoms. The molecule has 0 spiro atoms. The summed E-state index contributed by atoms with van der Waals surface area (Å²) < 4.78 is 45.2. The van der Waals surface area contributed by atoms with Crippen molar-refractivity contribution in [2.45, 2.75) is 185 Å². The zero-order valence-electron chi connectivity index (χ0n) is 33.4. The molecule has 19 atom stereocenters. The average Bonchev–Trinajstić information content (AvgIpc) is 3.40. The van der Waals surface area contributed by atoms with Gasteiger partial charge < -0.3 is 53.6 Å². The van der Waals surface area contributed by atoms with E-state index in [9.17, 15) is 25.2 Å². The summed E-state index contributed by atoms with van der Waals surface area (Å²) in [6.07, 6.45) is -2.26. The second-order valence-corrected chi connectivity index (χ2v) is 16.9. The summed E-state index contributed by atoms with van der Waals surface area (Å²) >= 11 is 0. The van der Waals surface area contributed by atoms with Gasteiger partial charge in [0.15, 0.2) is 12.6 Å². The van der Waals surface area contributed by atoms with Crippen LogP contribution in [0.25, 0.3) is 0 Å². The molecule has 0 saturated carbocycles. The summed E-state index contributed by atoms with van der Waals surface area (Å²) in [6.45, 7) is 18.5. The third-order valence-corrected chi connectivity index (χ3v) is 12.6. The summed E-state index contributed by atoms with van der Waals surface area (Å²) in [7, 11) is 3.39. The van der Waals surface area contributed by atoms with Gasteiger partial charge in [-0.05, 0) is 73.8 Å². The van der Waals surface area contributed by atoms with Crippen LogP contribution in [0.4, 0.5) is 0 Å². The van der Waals surface area contributed by atoms with E-state index in [1.54, 1.807) is 27.7 Å². The van der Waals surface area contributed by atoms with E-state index in [4.69, 9.17) is 39.6 Å². The molecule has 0 amide bonds. The lowest BCUT2D eigenvalue weighted by Gasteiger charge is -2.48. The molecule has 0 radical (unpaired) electrons. The Balaban J connectivity index is 1.82. The number of carbonyl (C=O) groups is 1. The molecule has 4 rings (SSSR count). The maximum atomic E-state index is 14.3. The van der Waals surface area contributed by atoms with E-state index in [0.717, 1.165) is 0 Å². The number of aliphatic hydroxyl groups is 4. The average molecular weight is 742 g/mol. The zero-order chi connectivity index (χ0) is 39.1. The first-order valence-electron chi connectivity index (χ1n) is 19.1. The van der Waals surface area contributed by atoms with E-state index >= 15 is 0 Å². The SMILES string of the molecule is C#CCN(C)[C@H]1C[C@@H](C)O[C@@H](O[C@@H]2[C@@H](C)[C@H](O[C@H]3C[C@@](C)(OC)[C@@H](O)[C@H](C)O3)[C@@H](C)C(=O)O[C@@H]([C@](C)(O)[C@H](O)CC)[C@@H](C)[C@H]3O[C@]2(C)C[C@H]3C)[C@@H]1O. The van der Waals surface area contributed by atoms with Crippen LogP contribution in [-0.2, 0) is 38.0 Å². The molecule has 4 aliphatic heterocycles. The minimum atomic E-state index is -1.80. The summed E-state index contributed by atoms with van der Waals surface area (Å²) in [5.74, 6) is -0.138. The molecule has 13 nitrogen and oxygen atoms in total. The van der Waals surface area contributed by atoms with Gasteiger partial charge in [0, 0.05) is 31.4 Å². The number of aliphatic hydroxyl groups excluding tert-OH is 3. The highest BCUT2D eigenvalue weighted by Crippen LogP contribution is 2.48. The van der Waals surface area contributed by atoms with E-state index in [0.29, 0.717) is 19.4 Å². The molecule has 0 unspecified atom stereocenters. The minimum Gasteiger partial charge on any atom is -0.459 e. The molecule has 4 heterocycles. The second-order valence-electron chi connectivity index (χ2n) is 16.9. The van der Waals surface area contributed by atoms with Gasteiger partial charge in [0.05, 0.1) is 60.3 Å². The van der Waals surface area contributed by atoms with Crippen molar-refractivity contribution < 1.29 is 58.4 Å². The number of ether oxygens (including phenoxy) is 7. The number of rotatable bonds is 10. The Morgan fingerprint density at radius 3 is 2.33 bits per heavy atom. The molecule has 0 aromatic heterocycles. The topological polar surface area (TPSA) is 166 Å². The number of hydrogen-bond acceptors (Lipinski definition) is 13. The molecule has 2 bridgehead atoms. The number of cyclic esters (lactones) is 1. The lowest BCUT2D eigenvalue weighted by molar-refractivity contribution is -0.318. The number of esters is 1. The van der Waals surface area contributed by atoms with E-state index in [1.165, 1.54) is 14.0 Å². The number of terminal acetylenes is 1. The predicted octanol–water partition coefficient (Wildman–Crippen LogP) is 2.63. The van der Waals surface area contributed by atoms with Crippen LogP contribution in [0.3, 0.4) is 0 Å². The van der Waals surface area contributed by atoms with Crippen molar-refractivity contribution in [1.82, 2.24) is 4.90 Å². The van der Waals surface area contributed by atoms with Gasteiger partial charge in [-0.15, -0.1) is 6.42 Å². The Hall–Kier alpha value is -1.41. The first-order valence-corrected chi connectivity index (χ1v) is 19.1. The van der Waals surface area contributed by atoms with Gasteiger partial charge in [-0.2, -0.15) is 0 Å². The van der Waals surface area contributed by atoms with E-state index in [1.807, 2.05) is 46.6 Å². The summed E-state index contributed by atoms with van der Waals surface area (Å²) in [5, 5.41) is 45.5. The fourth-order valence-corrected chi connectivity index (χ4v) is 9.39. The molecule has 300 valence electrons. The quantitative estimate of drug-likeness (QED) is 0.191. The first-order chi connectivity index (χ1) is 24.1. The van der Waals surface area contributed by atoms with Crippen molar-refractivity contribution in [2.75, 3.05) is 20.7 Å². The van der Waals surface area contributed by atoms with Gasteiger partial charge >= 0.3 is 5.97 Å². The van der Waals surface area contributed by atoms with Crippen LogP contribution >= 0.6 is 0 Å². The van der Waals surface area contributed by atoms with E-state index in [-0.39, 0.29) is 30.9 Å². The molecule has 4 saturated heterocycles. The van der Waals surface area contributed by atoms with Gasteiger partial charge in [0.1, 0.15) is 23.9 Å². The maximum absolute atomic E-state index is 14.3. The van der Waals surface area contributed by atoms with Crippen LogP contribution in [0, 0.1) is 36.0 Å². The number of methoxy groups -OCH3 is 1. The lowest BCUT2D eigenvalue weighted by Crippen LogP contribution is -2.60. The van der Waals surface area contributed by atoms with E-state index in [2.05, 4.69) is 5.92 Å². The summed E-state index contributed by atoms with van der Waals surface area (Å²) in [5.41, 5.74) is -3.79. The standard InChI is InChI=1S/C39H67NO12/c1-14-16-40(12)26-17-21(4)47-36(29(26)42)51-33-23(6)31(49-28-19-37(9,46-13)32(43)25(8)48-28)24(7)35(44)50-34(39(11,45)27(41)15-2)22(5)30-20(3)18-38(33,10)52-30/h1,20-34,36,41-43,45H,15-19H2,2-13H3/t20-,21-,22+,23+,24-,25+,26+,27-,28+,29-,30+,31+,32+,33-,34-,36+,37-,38-,39-/m1/s1. The molecule has 52 heavy (non-hydrogen) atoms. The van der Waals surface area contributed by atoms with Crippen molar-refractivity contribution in [3.8, 4) is 12.3 Å².